The normalized spacial score (nSPS) is 40.0. The van der Waals surface area contributed by atoms with Crippen LogP contribution in [0.15, 0.2) is 24.9 Å². The molecule has 2 fully saturated rings. The average Bonchev–Trinajstić information content (AvgIpc) is 2.72. The van der Waals surface area contributed by atoms with E-state index in [1.807, 2.05) is 13.2 Å². The smallest absolute Gasteiger partial charge is 0.144 e. The Hall–Kier alpha value is -0.800. The Morgan fingerprint density at radius 1 is 1.67 bits per heavy atom. The topological polar surface area (TPSA) is 24.5 Å². The van der Waals surface area contributed by atoms with Crippen molar-refractivity contribution >= 4 is 0 Å². The molecule has 0 aromatic heterocycles. The van der Waals surface area contributed by atoms with Gasteiger partial charge in [0.2, 0.25) is 0 Å². The van der Waals surface area contributed by atoms with E-state index in [1.54, 1.807) is 0 Å². The molecule has 2 rings (SSSR count). The summed E-state index contributed by atoms with van der Waals surface area (Å²) in [7, 11) is 2.03. The van der Waals surface area contributed by atoms with Gasteiger partial charge in [-0.3, -0.25) is 5.32 Å². The summed E-state index contributed by atoms with van der Waals surface area (Å²) in [4.78, 5) is 2.10. The maximum absolute atomic E-state index is 5.96. The van der Waals surface area contributed by atoms with Crippen molar-refractivity contribution in [3.63, 3.8) is 0 Å². The van der Waals surface area contributed by atoms with E-state index in [9.17, 15) is 0 Å². The summed E-state index contributed by atoms with van der Waals surface area (Å²) in [5.74, 6) is 0. The summed E-state index contributed by atoms with van der Waals surface area (Å²) in [5.41, 5.74) is 1.01. The molecule has 1 saturated heterocycles. The number of nitrogens with one attached hydrogen (secondary N) is 1. The van der Waals surface area contributed by atoms with E-state index < -0.39 is 0 Å². The lowest BCUT2D eigenvalue weighted by Gasteiger charge is -2.36. The zero-order valence-electron chi connectivity index (χ0n) is 9.62. The van der Waals surface area contributed by atoms with Gasteiger partial charge < -0.3 is 9.64 Å². The molecule has 0 aromatic rings. The van der Waals surface area contributed by atoms with Gasteiger partial charge in [-0.1, -0.05) is 18.7 Å². The highest BCUT2D eigenvalue weighted by atomic mass is 16.5. The Balaban J connectivity index is 2.24. The van der Waals surface area contributed by atoms with Gasteiger partial charge in [-0.15, -0.1) is 0 Å². The van der Waals surface area contributed by atoms with Crippen molar-refractivity contribution in [2.45, 2.75) is 37.6 Å². The van der Waals surface area contributed by atoms with Crippen LogP contribution in [0.1, 0.15) is 19.8 Å². The molecule has 1 heterocycles. The fraction of sp³-hybridized carbons (Fsp3) is 0.667. The monoisotopic (exact) mass is 208 g/mol. The minimum absolute atomic E-state index is 0.222. The molecule has 1 aliphatic heterocycles. The van der Waals surface area contributed by atoms with Gasteiger partial charge in [0.05, 0.1) is 12.6 Å². The Morgan fingerprint density at radius 2 is 2.40 bits per heavy atom. The second-order valence-electron chi connectivity index (χ2n) is 4.65. The molecule has 15 heavy (non-hydrogen) atoms. The average molecular weight is 208 g/mol. The van der Waals surface area contributed by atoms with Crippen LogP contribution in [0.25, 0.3) is 0 Å². The van der Waals surface area contributed by atoms with Crippen molar-refractivity contribution in [2.75, 3.05) is 13.7 Å². The van der Waals surface area contributed by atoms with E-state index in [-0.39, 0.29) is 11.8 Å². The maximum atomic E-state index is 5.96. The highest BCUT2D eigenvalue weighted by molar-refractivity contribution is 5.23. The first-order chi connectivity index (χ1) is 7.09. The van der Waals surface area contributed by atoms with Gasteiger partial charge in [0.15, 0.2) is 0 Å². The van der Waals surface area contributed by atoms with Gasteiger partial charge >= 0.3 is 0 Å². The van der Waals surface area contributed by atoms with Gasteiger partial charge in [0.25, 0.3) is 0 Å². The van der Waals surface area contributed by atoms with Crippen LogP contribution >= 0.6 is 0 Å². The highest BCUT2D eigenvalue weighted by Crippen LogP contribution is 2.40. The molecule has 0 aromatic carbocycles. The molecule has 3 heteroatoms. The van der Waals surface area contributed by atoms with E-state index in [0.717, 1.165) is 19.4 Å². The first-order valence-electron chi connectivity index (χ1n) is 5.53. The van der Waals surface area contributed by atoms with E-state index >= 15 is 0 Å². The number of rotatable bonds is 2. The van der Waals surface area contributed by atoms with Gasteiger partial charge in [-0.25, -0.2) is 0 Å². The second-order valence-corrected chi connectivity index (χ2v) is 4.65. The summed E-state index contributed by atoms with van der Waals surface area (Å²) in [6.07, 6.45) is 3.89. The number of hydrogen-bond donors (Lipinski definition) is 1. The van der Waals surface area contributed by atoms with Crippen LogP contribution in [0.3, 0.4) is 0 Å². The maximum Gasteiger partial charge on any atom is 0.144 e. The molecule has 3 atom stereocenters. The number of ether oxygens (including phenoxy) is 1. The largest absolute Gasteiger partial charge is 0.370 e. The van der Waals surface area contributed by atoms with Crippen LogP contribution in [0.4, 0.5) is 0 Å². The number of nitrogens with zero attached hydrogens (tertiary/aromatic N) is 1. The fourth-order valence-electron chi connectivity index (χ4n) is 2.75. The van der Waals surface area contributed by atoms with Crippen LogP contribution in [0, 0.1) is 0 Å². The van der Waals surface area contributed by atoms with Crippen LogP contribution in [-0.4, -0.2) is 36.4 Å². The third-order valence-electron chi connectivity index (χ3n) is 3.42. The SMILES string of the molecule is C=CN(C)[C@H]1C(=C)CC[C@@]12N[C@H](C)CO2. The molecule has 1 spiro atoms. The highest BCUT2D eigenvalue weighted by Gasteiger charge is 2.51. The second kappa shape index (κ2) is 3.65. The lowest BCUT2D eigenvalue weighted by molar-refractivity contribution is -0.0402. The van der Waals surface area contributed by atoms with Gasteiger partial charge in [0.1, 0.15) is 5.72 Å². The Bertz CT molecular complexity index is 289. The van der Waals surface area contributed by atoms with Crippen molar-refractivity contribution in [3.8, 4) is 0 Å². The van der Waals surface area contributed by atoms with E-state index in [1.165, 1.54) is 5.57 Å². The molecule has 0 radical (unpaired) electrons. The predicted molar refractivity (Wildman–Crippen MR) is 61.4 cm³/mol. The standard InChI is InChI=1S/C12H20N2O/c1-5-14(4)11-9(2)6-7-12(11)13-10(3)8-15-12/h5,10-11,13H,1-2,6-8H2,3-4H3/t10-,11+,12+/m1/s1. The molecular formula is C12H20N2O. The van der Waals surface area contributed by atoms with E-state index in [4.69, 9.17) is 4.74 Å². The quantitative estimate of drug-likeness (QED) is 0.696. The molecule has 2 aliphatic rings. The molecule has 1 saturated carbocycles. The first kappa shape index (κ1) is 10.7. The van der Waals surface area contributed by atoms with Gasteiger partial charge in [0, 0.05) is 13.1 Å². The zero-order chi connectivity index (χ0) is 11.1. The first-order valence-corrected chi connectivity index (χ1v) is 5.53. The van der Waals surface area contributed by atoms with E-state index in [2.05, 4.69) is 30.3 Å². The zero-order valence-corrected chi connectivity index (χ0v) is 9.62. The summed E-state index contributed by atoms with van der Waals surface area (Å²) in [6, 6.07) is 0.650. The van der Waals surface area contributed by atoms with Gasteiger partial charge in [-0.05, 0) is 26.0 Å². The third kappa shape index (κ3) is 1.60. The minimum Gasteiger partial charge on any atom is -0.370 e. The number of likely N-dealkylation sites (N-methyl/N-ethyl adjacent to an activating group) is 1. The van der Waals surface area contributed by atoms with Crippen molar-refractivity contribution < 1.29 is 4.74 Å². The molecule has 84 valence electrons. The fourth-order valence-corrected chi connectivity index (χ4v) is 2.75. The Morgan fingerprint density at radius 3 is 2.93 bits per heavy atom. The Labute approximate surface area is 91.8 Å². The van der Waals surface area contributed by atoms with Crippen LogP contribution < -0.4 is 5.32 Å². The molecule has 1 N–H and O–H groups in total. The minimum atomic E-state index is -0.223. The molecule has 0 bridgehead atoms. The predicted octanol–water partition coefficient (Wildman–Crippen LogP) is 1.48. The van der Waals surface area contributed by atoms with Crippen LogP contribution in [0.2, 0.25) is 0 Å². The Kier molecular flexibility index (Phi) is 2.61. The molecule has 0 unspecified atom stereocenters. The van der Waals surface area contributed by atoms with Crippen LogP contribution in [0.5, 0.6) is 0 Å². The number of hydrogen-bond acceptors (Lipinski definition) is 3. The van der Waals surface area contributed by atoms with E-state index in [0.29, 0.717) is 6.04 Å². The molecule has 3 nitrogen and oxygen atoms in total. The summed E-state index contributed by atoms with van der Waals surface area (Å²) < 4.78 is 5.96. The lowest BCUT2D eigenvalue weighted by Crippen LogP contribution is -2.55. The van der Waals surface area contributed by atoms with Gasteiger partial charge in [-0.2, -0.15) is 0 Å². The molecule has 0 amide bonds. The third-order valence-corrected chi connectivity index (χ3v) is 3.42. The van der Waals surface area contributed by atoms with Crippen LogP contribution in [-0.2, 0) is 4.74 Å². The molecular weight excluding hydrogens is 188 g/mol. The van der Waals surface area contributed by atoms with Crippen molar-refractivity contribution in [2.24, 2.45) is 0 Å². The molecule has 1 aliphatic carbocycles. The van der Waals surface area contributed by atoms with Crippen molar-refractivity contribution in [1.29, 1.82) is 0 Å². The van der Waals surface area contributed by atoms with Crippen molar-refractivity contribution in [1.82, 2.24) is 10.2 Å². The van der Waals surface area contributed by atoms with Crippen molar-refractivity contribution in [3.05, 3.63) is 24.9 Å². The lowest BCUT2D eigenvalue weighted by atomic mass is 10.0. The summed E-state index contributed by atoms with van der Waals surface area (Å²) in [6.45, 7) is 10.9. The summed E-state index contributed by atoms with van der Waals surface area (Å²) >= 11 is 0. The summed E-state index contributed by atoms with van der Waals surface area (Å²) in [5, 5.41) is 3.55.